The summed E-state index contributed by atoms with van der Waals surface area (Å²) < 4.78 is 0. The molecule has 29 heavy (non-hydrogen) atoms. The molecule has 0 bridgehead atoms. The van der Waals surface area contributed by atoms with Gasteiger partial charge in [0.1, 0.15) is 11.5 Å². The molecule has 8 nitrogen and oxygen atoms in total. The Morgan fingerprint density at radius 2 is 1.62 bits per heavy atom. The lowest BCUT2D eigenvalue weighted by Gasteiger charge is -2.36. The summed E-state index contributed by atoms with van der Waals surface area (Å²) in [5.74, 6) is -8.72. The van der Waals surface area contributed by atoms with Crippen LogP contribution in [0.1, 0.15) is 56.1 Å². The van der Waals surface area contributed by atoms with Crippen molar-refractivity contribution in [1.82, 2.24) is 0 Å². The molecule has 0 heterocycles. The monoisotopic (exact) mass is 410 g/mol. The number of rotatable bonds is 8. The summed E-state index contributed by atoms with van der Waals surface area (Å²) in [7, 11) is 0. The summed E-state index contributed by atoms with van der Waals surface area (Å²) in [4.78, 5) is 0. The molecule has 162 valence electrons. The summed E-state index contributed by atoms with van der Waals surface area (Å²) >= 11 is 0. The first-order valence-electron chi connectivity index (χ1n) is 9.65. The summed E-state index contributed by atoms with van der Waals surface area (Å²) in [5, 5.41) is 78.4. The number of hydrogen-bond donors (Lipinski definition) is 8. The van der Waals surface area contributed by atoms with Crippen LogP contribution in [-0.2, 0) is 6.42 Å². The molecule has 0 spiro atoms. The zero-order valence-electron chi connectivity index (χ0n) is 16.4. The molecule has 1 aliphatic carbocycles. The Bertz CT molecular complexity index is 747. The minimum absolute atomic E-state index is 0.00101. The van der Waals surface area contributed by atoms with E-state index in [9.17, 15) is 40.9 Å². The molecule has 2 atom stereocenters. The summed E-state index contributed by atoms with van der Waals surface area (Å²) in [5.41, 5.74) is 0.148. The van der Waals surface area contributed by atoms with Gasteiger partial charge in [-0.15, -0.1) is 0 Å². The largest absolute Gasteiger partial charge is 0.507 e. The minimum atomic E-state index is -3.20. The summed E-state index contributed by atoms with van der Waals surface area (Å²) in [6.07, 6.45) is 4.76. The Labute approximate surface area is 169 Å². The predicted octanol–water partition coefficient (Wildman–Crippen LogP) is 1.07. The number of aryl methyl sites for hydroxylation is 1. The number of aliphatic hydroxyl groups is 6. The van der Waals surface area contributed by atoms with Crippen molar-refractivity contribution in [1.29, 1.82) is 0 Å². The van der Waals surface area contributed by atoms with Gasteiger partial charge in [0.05, 0.1) is 0 Å². The van der Waals surface area contributed by atoms with E-state index in [2.05, 4.69) is 13.5 Å². The van der Waals surface area contributed by atoms with Gasteiger partial charge in [0.2, 0.25) is 0 Å². The van der Waals surface area contributed by atoms with Crippen molar-refractivity contribution in [2.75, 3.05) is 0 Å². The highest BCUT2D eigenvalue weighted by molar-refractivity contribution is 5.52. The van der Waals surface area contributed by atoms with Gasteiger partial charge in [-0.05, 0) is 49.3 Å². The maximum atomic E-state index is 10.6. The van der Waals surface area contributed by atoms with Gasteiger partial charge in [0.25, 0.3) is 11.9 Å². The summed E-state index contributed by atoms with van der Waals surface area (Å²) in [6.45, 7) is 5.57. The lowest BCUT2D eigenvalue weighted by molar-refractivity contribution is -0.287. The second-order valence-corrected chi connectivity index (χ2v) is 7.66. The van der Waals surface area contributed by atoms with Crippen LogP contribution in [0.3, 0.4) is 0 Å². The number of benzene rings is 1. The standard InChI is InChI=1S/C21H30O8/c1-3-4-5-6-13-9-17(22)19(18(23)10-13)16-11-14(21(27,28)29)7-8-15(16)12(2)20(24,25)26/h9-11,15-16,22-29H,2-8H2,1H3. The molecule has 0 radical (unpaired) electrons. The van der Waals surface area contributed by atoms with Gasteiger partial charge in [-0.3, -0.25) is 0 Å². The van der Waals surface area contributed by atoms with Crippen LogP contribution < -0.4 is 0 Å². The van der Waals surface area contributed by atoms with Crippen LogP contribution in [0, 0.1) is 5.92 Å². The number of phenolic OH excluding ortho intramolecular Hbond substituents is 2. The number of hydrogen-bond acceptors (Lipinski definition) is 8. The van der Waals surface area contributed by atoms with Gasteiger partial charge in [0, 0.05) is 22.6 Å². The fourth-order valence-electron chi connectivity index (χ4n) is 3.86. The van der Waals surface area contributed by atoms with Crippen LogP contribution in [0.2, 0.25) is 0 Å². The fraction of sp³-hybridized carbons (Fsp3) is 0.524. The summed E-state index contributed by atoms with van der Waals surface area (Å²) in [6, 6.07) is 2.97. The molecule has 0 aliphatic heterocycles. The Balaban J connectivity index is 2.51. The molecule has 2 rings (SSSR count). The third-order valence-electron chi connectivity index (χ3n) is 5.45. The van der Waals surface area contributed by atoms with E-state index in [1.165, 1.54) is 18.2 Å². The second kappa shape index (κ2) is 8.83. The number of aromatic hydroxyl groups is 2. The van der Waals surface area contributed by atoms with Crippen LogP contribution in [0.25, 0.3) is 0 Å². The van der Waals surface area contributed by atoms with Crippen LogP contribution in [0.5, 0.6) is 11.5 Å². The Hall–Kier alpha value is -1.94. The van der Waals surface area contributed by atoms with E-state index >= 15 is 0 Å². The van der Waals surface area contributed by atoms with Gasteiger partial charge < -0.3 is 40.9 Å². The SMILES string of the molecule is C=C(C1CCC(C(O)(O)O)=CC1c1c(O)cc(CCCCC)cc1O)C(O)(O)O. The zero-order valence-corrected chi connectivity index (χ0v) is 16.4. The van der Waals surface area contributed by atoms with Gasteiger partial charge in [-0.2, -0.15) is 0 Å². The topological polar surface area (TPSA) is 162 Å². The van der Waals surface area contributed by atoms with Crippen molar-refractivity contribution in [3.63, 3.8) is 0 Å². The zero-order chi connectivity index (χ0) is 22.0. The van der Waals surface area contributed by atoms with Crippen molar-refractivity contribution in [2.45, 2.75) is 63.3 Å². The van der Waals surface area contributed by atoms with Crippen molar-refractivity contribution >= 4 is 0 Å². The maximum absolute atomic E-state index is 10.6. The van der Waals surface area contributed by atoms with Crippen molar-refractivity contribution in [2.24, 2.45) is 5.92 Å². The normalized spacial score (nSPS) is 20.4. The van der Waals surface area contributed by atoms with E-state index in [1.54, 1.807) is 0 Å². The van der Waals surface area contributed by atoms with E-state index in [0.717, 1.165) is 19.3 Å². The molecule has 1 aromatic rings. The molecule has 2 unspecified atom stereocenters. The van der Waals surface area contributed by atoms with E-state index in [-0.39, 0.29) is 41.1 Å². The minimum Gasteiger partial charge on any atom is -0.507 e. The first-order chi connectivity index (χ1) is 13.4. The molecule has 8 N–H and O–H groups in total. The number of allylic oxidation sites excluding steroid dienone is 1. The van der Waals surface area contributed by atoms with Crippen molar-refractivity contribution < 1.29 is 40.9 Å². The lowest BCUT2D eigenvalue weighted by Crippen LogP contribution is -2.38. The van der Waals surface area contributed by atoms with E-state index < -0.39 is 23.8 Å². The molecule has 1 aliphatic rings. The molecule has 0 fully saturated rings. The average molecular weight is 410 g/mol. The van der Waals surface area contributed by atoms with Crippen LogP contribution in [-0.4, -0.2) is 52.8 Å². The first kappa shape index (κ1) is 23.3. The number of unbranched alkanes of at least 4 members (excludes halogenated alkanes) is 2. The lowest BCUT2D eigenvalue weighted by atomic mass is 9.72. The molecule has 0 saturated heterocycles. The Kier molecular flexibility index (Phi) is 7.10. The molecule has 0 aromatic heterocycles. The molecular weight excluding hydrogens is 380 g/mol. The Morgan fingerprint density at radius 3 is 2.10 bits per heavy atom. The van der Waals surface area contributed by atoms with Gasteiger partial charge in [-0.1, -0.05) is 32.4 Å². The van der Waals surface area contributed by atoms with E-state index in [0.29, 0.717) is 12.0 Å². The van der Waals surface area contributed by atoms with Crippen LogP contribution in [0.15, 0.2) is 35.9 Å². The molecule has 0 amide bonds. The highest BCUT2D eigenvalue weighted by atomic mass is 16.7. The highest BCUT2D eigenvalue weighted by Crippen LogP contribution is 2.48. The van der Waals surface area contributed by atoms with Gasteiger partial charge in [0.15, 0.2) is 0 Å². The molecule has 1 aromatic carbocycles. The van der Waals surface area contributed by atoms with E-state index in [4.69, 9.17) is 0 Å². The van der Waals surface area contributed by atoms with Crippen molar-refractivity contribution in [3.05, 3.63) is 47.1 Å². The second-order valence-electron chi connectivity index (χ2n) is 7.66. The quantitative estimate of drug-likeness (QED) is 0.179. The molecule has 8 heteroatoms. The average Bonchev–Trinajstić information content (AvgIpc) is 2.59. The fourth-order valence-corrected chi connectivity index (χ4v) is 3.86. The predicted molar refractivity (Wildman–Crippen MR) is 104 cm³/mol. The first-order valence-corrected chi connectivity index (χ1v) is 9.65. The maximum Gasteiger partial charge on any atom is 0.300 e. The Morgan fingerprint density at radius 1 is 1.03 bits per heavy atom. The van der Waals surface area contributed by atoms with Gasteiger partial charge >= 0.3 is 0 Å². The number of phenols is 2. The molecular formula is C21H30O8. The van der Waals surface area contributed by atoms with Gasteiger partial charge in [-0.25, -0.2) is 0 Å². The smallest absolute Gasteiger partial charge is 0.300 e. The molecule has 0 saturated carbocycles. The third kappa shape index (κ3) is 5.57. The van der Waals surface area contributed by atoms with Crippen molar-refractivity contribution in [3.8, 4) is 11.5 Å². The highest BCUT2D eigenvalue weighted by Gasteiger charge is 2.41. The van der Waals surface area contributed by atoms with E-state index in [1.807, 2.05) is 0 Å². The third-order valence-corrected chi connectivity index (χ3v) is 5.45. The van der Waals surface area contributed by atoms with Crippen LogP contribution in [0.4, 0.5) is 0 Å². The van der Waals surface area contributed by atoms with Crippen LogP contribution >= 0.6 is 0 Å².